The minimum atomic E-state index is -0.239. The van der Waals surface area contributed by atoms with Crippen LogP contribution >= 0.6 is 0 Å². The van der Waals surface area contributed by atoms with Gasteiger partial charge in [-0.3, -0.25) is 0 Å². The Kier molecular flexibility index (Phi) is 3.81. The molecule has 0 aromatic heterocycles. The van der Waals surface area contributed by atoms with Crippen molar-refractivity contribution in [1.29, 1.82) is 0 Å². The van der Waals surface area contributed by atoms with Crippen LogP contribution in [0.25, 0.3) is 0 Å². The minimum Gasteiger partial charge on any atom is -0.462 e. The lowest BCUT2D eigenvalue weighted by atomic mass is 9.41. The van der Waals surface area contributed by atoms with Crippen LogP contribution in [0.1, 0.15) is 66.7 Å². The van der Waals surface area contributed by atoms with Crippen molar-refractivity contribution in [2.24, 2.45) is 22.2 Å². The van der Waals surface area contributed by atoms with Gasteiger partial charge in [0.25, 0.3) is 0 Å². The Hall–Kier alpha value is -0.790. The zero-order valence-corrected chi connectivity index (χ0v) is 13.8. The smallest absolute Gasteiger partial charge is 0.333 e. The van der Waals surface area contributed by atoms with Crippen molar-refractivity contribution in [2.45, 2.75) is 66.7 Å². The van der Waals surface area contributed by atoms with E-state index in [-0.39, 0.29) is 11.4 Å². The molecule has 2 heteroatoms. The number of hydrogen-bond acceptors (Lipinski definition) is 2. The van der Waals surface area contributed by atoms with Crippen molar-refractivity contribution in [2.75, 3.05) is 6.61 Å². The number of carbonyl (C=O) groups is 1. The van der Waals surface area contributed by atoms with Gasteiger partial charge in [-0.2, -0.15) is 0 Å². The van der Waals surface area contributed by atoms with Crippen LogP contribution < -0.4 is 0 Å². The first-order valence-electron chi connectivity index (χ1n) is 7.97. The maximum absolute atomic E-state index is 11.8. The summed E-state index contributed by atoms with van der Waals surface area (Å²) >= 11 is 0. The number of esters is 1. The Labute approximate surface area is 124 Å². The summed E-state index contributed by atoms with van der Waals surface area (Å²) in [7, 11) is 0. The first kappa shape index (κ1) is 15.6. The SMILES string of the molecule is C=C(C)C(=O)OCC1(C)CC2(C)CCC1(C(C)C)CC2. The van der Waals surface area contributed by atoms with E-state index < -0.39 is 0 Å². The van der Waals surface area contributed by atoms with Crippen LogP contribution in [-0.2, 0) is 9.53 Å². The van der Waals surface area contributed by atoms with E-state index in [1.165, 1.54) is 32.1 Å². The van der Waals surface area contributed by atoms with Gasteiger partial charge in [0.05, 0.1) is 6.61 Å². The summed E-state index contributed by atoms with van der Waals surface area (Å²) in [4.78, 5) is 11.8. The van der Waals surface area contributed by atoms with Crippen molar-refractivity contribution in [3.05, 3.63) is 12.2 Å². The van der Waals surface area contributed by atoms with Crippen LogP contribution in [0.5, 0.6) is 0 Å². The average molecular weight is 278 g/mol. The topological polar surface area (TPSA) is 26.3 Å². The number of ether oxygens (including phenoxy) is 1. The summed E-state index contributed by atoms with van der Waals surface area (Å²) in [5, 5.41) is 0. The standard InChI is InChI=1S/C18H30O2/c1-13(2)15(19)20-12-17(6)11-16(5)7-9-18(17,10-8-16)14(3)4/h14H,1,7-12H2,2-6H3. The molecule has 3 saturated carbocycles. The largest absolute Gasteiger partial charge is 0.462 e. The highest BCUT2D eigenvalue weighted by Gasteiger charge is 2.60. The van der Waals surface area contributed by atoms with Gasteiger partial charge >= 0.3 is 5.97 Å². The summed E-state index contributed by atoms with van der Waals surface area (Å²) in [6.45, 7) is 15.4. The molecule has 2 nitrogen and oxygen atoms in total. The number of rotatable bonds is 4. The average Bonchev–Trinajstić information content (AvgIpc) is 2.35. The molecule has 0 radical (unpaired) electrons. The molecule has 3 fully saturated rings. The van der Waals surface area contributed by atoms with Crippen LogP contribution in [0, 0.1) is 22.2 Å². The van der Waals surface area contributed by atoms with E-state index in [2.05, 4.69) is 34.3 Å². The second-order valence-corrected chi connectivity index (χ2v) is 8.22. The Bertz CT molecular complexity index is 413. The molecule has 0 amide bonds. The molecule has 0 heterocycles. The molecule has 3 aliphatic rings. The van der Waals surface area contributed by atoms with Crippen LogP contribution in [0.2, 0.25) is 0 Å². The van der Waals surface area contributed by atoms with Gasteiger partial charge in [-0.15, -0.1) is 0 Å². The highest BCUT2D eigenvalue weighted by molar-refractivity contribution is 5.86. The Morgan fingerprint density at radius 1 is 1.20 bits per heavy atom. The van der Waals surface area contributed by atoms with Gasteiger partial charge in [-0.25, -0.2) is 4.79 Å². The van der Waals surface area contributed by atoms with Crippen molar-refractivity contribution < 1.29 is 9.53 Å². The van der Waals surface area contributed by atoms with Gasteiger partial charge in [0.2, 0.25) is 0 Å². The molecule has 1 unspecified atom stereocenters. The van der Waals surface area contributed by atoms with Crippen LogP contribution in [0.3, 0.4) is 0 Å². The van der Waals surface area contributed by atoms with E-state index in [0.29, 0.717) is 28.9 Å². The molecule has 3 rings (SSSR count). The van der Waals surface area contributed by atoms with Crippen LogP contribution in [0.15, 0.2) is 12.2 Å². The zero-order chi connectivity index (χ0) is 15.2. The predicted molar refractivity (Wildman–Crippen MR) is 82.3 cm³/mol. The fraction of sp³-hybridized carbons (Fsp3) is 0.833. The van der Waals surface area contributed by atoms with Gasteiger partial charge in [0, 0.05) is 11.0 Å². The van der Waals surface area contributed by atoms with Gasteiger partial charge in [-0.05, 0) is 55.8 Å². The van der Waals surface area contributed by atoms with Gasteiger partial charge in [0.1, 0.15) is 0 Å². The van der Waals surface area contributed by atoms with E-state index in [0.717, 1.165) is 0 Å². The van der Waals surface area contributed by atoms with E-state index in [9.17, 15) is 4.79 Å². The summed E-state index contributed by atoms with van der Waals surface area (Å²) < 4.78 is 5.58. The molecule has 1 atom stereocenters. The Morgan fingerprint density at radius 3 is 2.20 bits per heavy atom. The maximum Gasteiger partial charge on any atom is 0.333 e. The van der Waals surface area contributed by atoms with E-state index in [1.807, 2.05) is 0 Å². The molecule has 114 valence electrons. The maximum atomic E-state index is 11.8. The zero-order valence-electron chi connectivity index (χ0n) is 13.8. The lowest BCUT2D eigenvalue weighted by Crippen LogP contribution is -2.57. The summed E-state index contributed by atoms with van der Waals surface area (Å²) in [5.41, 5.74) is 1.39. The summed E-state index contributed by atoms with van der Waals surface area (Å²) in [5.74, 6) is 0.401. The monoisotopic (exact) mass is 278 g/mol. The Balaban J connectivity index is 2.22. The van der Waals surface area contributed by atoms with Crippen LogP contribution in [0.4, 0.5) is 0 Å². The third-order valence-corrected chi connectivity index (χ3v) is 6.34. The van der Waals surface area contributed by atoms with E-state index in [4.69, 9.17) is 4.74 Å². The van der Waals surface area contributed by atoms with E-state index in [1.54, 1.807) is 6.92 Å². The van der Waals surface area contributed by atoms with E-state index >= 15 is 0 Å². The molecule has 2 bridgehead atoms. The molecule has 0 spiro atoms. The summed E-state index contributed by atoms with van der Waals surface area (Å²) in [6.07, 6.45) is 6.40. The number of fused-ring (bicyclic) bond motifs is 3. The molecular formula is C18H30O2. The van der Waals surface area contributed by atoms with Crippen molar-refractivity contribution in [1.82, 2.24) is 0 Å². The minimum absolute atomic E-state index is 0.109. The Morgan fingerprint density at radius 2 is 1.75 bits per heavy atom. The second kappa shape index (κ2) is 4.89. The van der Waals surface area contributed by atoms with Crippen molar-refractivity contribution in [3.63, 3.8) is 0 Å². The quantitative estimate of drug-likeness (QED) is 0.548. The fourth-order valence-electron chi connectivity index (χ4n) is 5.02. The molecule has 3 aliphatic carbocycles. The number of carbonyl (C=O) groups excluding carboxylic acids is 1. The third kappa shape index (κ3) is 2.31. The third-order valence-electron chi connectivity index (χ3n) is 6.34. The first-order chi connectivity index (χ1) is 9.14. The van der Waals surface area contributed by atoms with Gasteiger partial charge in [-0.1, -0.05) is 34.3 Å². The first-order valence-corrected chi connectivity index (χ1v) is 7.97. The lowest BCUT2D eigenvalue weighted by molar-refractivity contribution is -0.179. The highest BCUT2D eigenvalue weighted by Crippen LogP contribution is 2.67. The molecule has 0 N–H and O–H groups in total. The summed E-state index contributed by atoms with van der Waals surface area (Å²) in [6, 6.07) is 0. The number of hydrogen-bond donors (Lipinski definition) is 0. The van der Waals surface area contributed by atoms with Crippen molar-refractivity contribution >= 4 is 5.97 Å². The molecule has 0 saturated heterocycles. The molecule has 0 aromatic rings. The molecular weight excluding hydrogens is 248 g/mol. The second-order valence-electron chi connectivity index (χ2n) is 8.22. The van der Waals surface area contributed by atoms with Crippen molar-refractivity contribution in [3.8, 4) is 0 Å². The molecule has 0 aromatic carbocycles. The predicted octanol–water partition coefficient (Wildman–Crippen LogP) is 4.74. The van der Waals surface area contributed by atoms with Gasteiger partial charge in [0.15, 0.2) is 0 Å². The lowest BCUT2D eigenvalue weighted by Gasteiger charge is -2.64. The fourth-order valence-corrected chi connectivity index (χ4v) is 5.02. The normalized spacial score (nSPS) is 39.9. The van der Waals surface area contributed by atoms with Gasteiger partial charge < -0.3 is 4.74 Å². The molecule has 20 heavy (non-hydrogen) atoms. The highest BCUT2D eigenvalue weighted by atomic mass is 16.5. The van der Waals surface area contributed by atoms with Crippen LogP contribution in [-0.4, -0.2) is 12.6 Å². The molecule has 0 aliphatic heterocycles.